The first-order chi connectivity index (χ1) is 9.08. The molecule has 0 aromatic heterocycles. The van der Waals surface area contributed by atoms with Gasteiger partial charge in [0.2, 0.25) is 5.91 Å². The van der Waals surface area contributed by atoms with E-state index in [1.807, 2.05) is 24.3 Å². The van der Waals surface area contributed by atoms with Crippen LogP contribution in [0.25, 0.3) is 0 Å². The fourth-order valence-corrected chi connectivity index (χ4v) is 2.23. The minimum Gasteiger partial charge on any atom is -0.488 e. The molecule has 0 bridgehead atoms. The second-order valence-electron chi connectivity index (χ2n) is 3.89. The summed E-state index contributed by atoms with van der Waals surface area (Å²) in [7, 11) is 0. The molecule has 2 N–H and O–H groups in total. The van der Waals surface area contributed by atoms with Crippen LogP contribution in [0.2, 0.25) is 5.02 Å². The predicted molar refractivity (Wildman–Crippen MR) is 78.4 cm³/mol. The molecule has 1 amide bonds. The summed E-state index contributed by atoms with van der Waals surface area (Å²) in [5, 5.41) is 0.660. The van der Waals surface area contributed by atoms with E-state index in [-0.39, 0.29) is 0 Å². The molecule has 0 aliphatic carbocycles. The molecular weight excluding hydrogens is 330 g/mol. The number of hydrogen-bond acceptors (Lipinski definition) is 2. The molecule has 3 nitrogen and oxygen atoms in total. The summed E-state index contributed by atoms with van der Waals surface area (Å²) in [5.74, 6) is 0.156. The molecule has 5 heteroatoms. The van der Waals surface area contributed by atoms with E-state index in [4.69, 9.17) is 22.1 Å². The first-order valence-corrected chi connectivity index (χ1v) is 6.70. The van der Waals surface area contributed by atoms with E-state index in [1.165, 1.54) is 0 Å². The molecule has 0 saturated carbocycles. The SMILES string of the molecule is NC(=O)c1ccc(OCc2ccccc2Cl)c(Br)c1. The lowest BCUT2D eigenvalue weighted by atomic mass is 10.2. The van der Waals surface area contributed by atoms with Gasteiger partial charge < -0.3 is 10.5 Å². The average Bonchev–Trinajstić information content (AvgIpc) is 2.39. The number of rotatable bonds is 4. The summed E-state index contributed by atoms with van der Waals surface area (Å²) in [6.07, 6.45) is 0. The maximum Gasteiger partial charge on any atom is 0.248 e. The number of amides is 1. The van der Waals surface area contributed by atoms with Crippen LogP contribution in [0.1, 0.15) is 15.9 Å². The zero-order valence-corrected chi connectivity index (χ0v) is 12.2. The highest BCUT2D eigenvalue weighted by Crippen LogP contribution is 2.27. The van der Waals surface area contributed by atoms with Crippen LogP contribution in [0.4, 0.5) is 0 Å². The summed E-state index contributed by atoms with van der Waals surface area (Å²) < 4.78 is 6.33. The van der Waals surface area contributed by atoms with Gasteiger partial charge in [0.25, 0.3) is 0 Å². The van der Waals surface area contributed by atoms with Crippen molar-refractivity contribution in [2.75, 3.05) is 0 Å². The van der Waals surface area contributed by atoms with Crippen molar-refractivity contribution in [3.63, 3.8) is 0 Å². The van der Waals surface area contributed by atoms with Gasteiger partial charge in [0.1, 0.15) is 12.4 Å². The van der Waals surface area contributed by atoms with Gasteiger partial charge in [-0.1, -0.05) is 29.8 Å². The maximum absolute atomic E-state index is 11.0. The number of carbonyl (C=O) groups is 1. The Hall–Kier alpha value is -1.52. The average molecular weight is 341 g/mol. The van der Waals surface area contributed by atoms with E-state index in [9.17, 15) is 4.79 Å². The molecule has 0 fully saturated rings. The highest BCUT2D eigenvalue weighted by Gasteiger charge is 2.07. The fourth-order valence-electron chi connectivity index (χ4n) is 1.54. The Morgan fingerprint density at radius 2 is 2.00 bits per heavy atom. The molecular formula is C14H11BrClNO2. The second-order valence-corrected chi connectivity index (χ2v) is 5.15. The van der Waals surface area contributed by atoms with Crippen molar-refractivity contribution < 1.29 is 9.53 Å². The van der Waals surface area contributed by atoms with Crippen molar-refractivity contribution in [2.24, 2.45) is 5.73 Å². The van der Waals surface area contributed by atoms with Crippen molar-refractivity contribution in [2.45, 2.75) is 6.61 Å². The third kappa shape index (κ3) is 3.49. The van der Waals surface area contributed by atoms with E-state index < -0.39 is 5.91 Å². The van der Waals surface area contributed by atoms with Crippen molar-refractivity contribution >= 4 is 33.4 Å². The van der Waals surface area contributed by atoms with E-state index in [2.05, 4.69) is 15.9 Å². The van der Waals surface area contributed by atoms with E-state index in [1.54, 1.807) is 18.2 Å². The molecule has 0 aliphatic heterocycles. The monoisotopic (exact) mass is 339 g/mol. The van der Waals surface area contributed by atoms with Crippen molar-refractivity contribution in [3.05, 3.63) is 63.1 Å². The third-order valence-electron chi connectivity index (χ3n) is 2.56. The summed E-state index contributed by atoms with van der Waals surface area (Å²) in [6.45, 7) is 0.355. The van der Waals surface area contributed by atoms with Crippen LogP contribution < -0.4 is 10.5 Å². The molecule has 2 rings (SSSR count). The third-order valence-corrected chi connectivity index (χ3v) is 3.55. The Morgan fingerprint density at radius 3 is 2.63 bits per heavy atom. The smallest absolute Gasteiger partial charge is 0.248 e. The number of ether oxygens (including phenoxy) is 1. The zero-order valence-electron chi connectivity index (χ0n) is 9.90. The van der Waals surface area contributed by atoms with Crippen LogP contribution in [-0.4, -0.2) is 5.91 Å². The number of nitrogens with two attached hydrogens (primary N) is 1. The Kier molecular flexibility index (Phi) is 4.45. The first kappa shape index (κ1) is 13.9. The van der Waals surface area contributed by atoms with E-state index >= 15 is 0 Å². The van der Waals surface area contributed by atoms with Crippen molar-refractivity contribution in [1.82, 2.24) is 0 Å². The van der Waals surface area contributed by atoms with Crippen LogP contribution in [0.5, 0.6) is 5.75 Å². The Balaban J connectivity index is 2.12. The highest BCUT2D eigenvalue weighted by molar-refractivity contribution is 9.10. The van der Waals surface area contributed by atoms with Gasteiger partial charge in [0.05, 0.1) is 4.47 Å². The van der Waals surface area contributed by atoms with Gasteiger partial charge in [-0.2, -0.15) is 0 Å². The van der Waals surface area contributed by atoms with E-state index in [0.29, 0.717) is 27.4 Å². The number of benzene rings is 2. The normalized spacial score (nSPS) is 10.2. The number of hydrogen-bond donors (Lipinski definition) is 1. The van der Waals surface area contributed by atoms with Crippen LogP contribution in [0, 0.1) is 0 Å². The molecule has 0 heterocycles. The van der Waals surface area contributed by atoms with Gasteiger partial charge in [-0.25, -0.2) is 0 Å². The lowest BCUT2D eigenvalue weighted by Crippen LogP contribution is -2.10. The topological polar surface area (TPSA) is 52.3 Å². The molecule has 0 atom stereocenters. The van der Waals surface area contributed by atoms with Crippen LogP contribution in [0.3, 0.4) is 0 Å². The van der Waals surface area contributed by atoms with E-state index in [0.717, 1.165) is 5.56 Å². The Morgan fingerprint density at radius 1 is 1.26 bits per heavy atom. The predicted octanol–water partition coefficient (Wildman–Crippen LogP) is 3.78. The van der Waals surface area contributed by atoms with Gasteiger partial charge >= 0.3 is 0 Å². The quantitative estimate of drug-likeness (QED) is 0.921. The molecule has 98 valence electrons. The summed E-state index contributed by atoms with van der Waals surface area (Å²) in [4.78, 5) is 11.0. The summed E-state index contributed by atoms with van der Waals surface area (Å²) in [5.41, 5.74) is 6.53. The highest BCUT2D eigenvalue weighted by atomic mass is 79.9. The van der Waals surface area contributed by atoms with Gasteiger partial charge in [0.15, 0.2) is 0 Å². The lowest BCUT2D eigenvalue weighted by Gasteiger charge is -2.10. The van der Waals surface area contributed by atoms with Crippen molar-refractivity contribution in [3.8, 4) is 5.75 Å². The van der Waals surface area contributed by atoms with Gasteiger partial charge in [0, 0.05) is 16.1 Å². The van der Waals surface area contributed by atoms with Gasteiger partial charge in [-0.05, 0) is 40.2 Å². The minimum atomic E-state index is -0.474. The molecule has 0 saturated heterocycles. The van der Waals surface area contributed by atoms with Gasteiger partial charge in [-0.3, -0.25) is 4.79 Å². The van der Waals surface area contributed by atoms with Crippen LogP contribution in [-0.2, 0) is 6.61 Å². The summed E-state index contributed by atoms with van der Waals surface area (Å²) >= 11 is 9.39. The standard InChI is InChI=1S/C14H11BrClNO2/c15-11-7-9(14(17)18)5-6-13(11)19-8-10-3-1-2-4-12(10)16/h1-7H,8H2,(H2,17,18). The number of carbonyl (C=O) groups excluding carboxylic acids is 1. The van der Waals surface area contributed by atoms with Crippen LogP contribution >= 0.6 is 27.5 Å². The number of halogens is 2. The first-order valence-electron chi connectivity index (χ1n) is 5.53. The molecule has 2 aromatic rings. The molecule has 0 radical (unpaired) electrons. The molecule has 19 heavy (non-hydrogen) atoms. The zero-order chi connectivity index (χ0) is 13.8. The minimum absolute atomic E-state index is 0.355. The lowest BCUT2D eigenvalue weighted by molar-refractivity contribution is 0.1000. The fraction of sp³-hybridized carbons (Fsp3) is 0.0714. The molecule has 0 aliphatic rings. The Bertz CT molecular complexity index is 616. The van der Waals surface area contributed by atoms with Crippen molar-refractivity contribution in [1.29, 1.82) is 0 Å². The number of primary amides is 1. The largest absolute Gasteiger partial charge is 0.488 e. The molecule has 0 spiro atoms. The molecule has 0 unspecified atom stereocenters. The second kappa shape index (κ2) is 6.08. The van der Waals surface area contributed by atoms with Gasteiger partial charge in [-0.15, -0.1) is 0 Å². The molecule has 2 aromatic carbocycles. The van der Waals surface area contributed by atoms with Crippen LogP contribution in [0.15, 0.2) is 46.9 Å². The summed E-state index contributed by atoms with van der Waals surface area (Å²) in [6, 6.07) is 12.4. The maximum atomic E-state index is 11.0. The Labute approximate surface area is 124 Å².